The first-order chi connectivity index (χ1) is 7.85. The van der Waals surface area contributed by atoms with Gasteiger partial charge in [-0.1, -0.05) is 0 Å². The van der Waals surface area contributed by atoms with Crippen LogP contribution >= 0.6 is 0 Å². The van der Waals surface area contributed by atoms with Gasteiger partial charge in [-0.3, -0.25) is 0 Å². The third-order valence-electron chi connectivity index (χ3n) is 1.98. The number of nitrogen functional groups attached to an aromatic ring is 1. The summed E-state index contributed by atoms with van der Waals surface area (Å²) in [5.41, 5.74) is 6.39. The van der Waals surface area contributed by atoms with Gasteiger partial charge < -0.3 is 15.8 Å². The molecule has 1 rings (SSSR count). The molecule has 94 valence electrons. The van der Waals surface area contributed by atoms with Gasteiger partial charge in [0.25, 0.3) is 0 Å². The number of ether oxygens (including phenoxy) is 1. The molecule has 1 aromatic rings. The first-order valence-corrected chi connectivity index (χ1v) is 5.55. The molecule has 0 fully saturated rings. The number of nitrogens with two attached hydrogens (primary N) is 1. The Hall–Kier alpha value is -1.78. The minimum absolute atomic E-state index is 0.172. The van der Waals surface area contributed by atoms with Crippen LogP contribution < -0.4 is 11.1 Å². The standard InChI is InChI=1S/C12H19N3O2/c1-5-17-11(16)8-6-7-14-10(9(8)13)15-12(2,3)4/h6-7H,5,13H2,1-4H3,(H,14,15). The molecule has 0 bridgehead atoms. The Morgan fingerprint density at radius 1 is 1.53 bits per heavy atom. The van der Waals surface area contributed by atoms with Gasteiger partial charge >= 0.3 is 5.97 Å². The Balaban J connectivity index is 3.03. The van der Waals surface area contributed by atoms with E-state index in [0.29, 0.717) is 23.7 Å². The maximum atomic E-state index is 11.6. The molecule has 0 aliphatic heterocycles. The van der Waals surface area contributed by atoms with Gasteiger partial charge in [0.15, 0.2) is 0 Å². The van der Waals surface area contributed by atoms with E-state index in [1.165, 1.54) is 6.20 Å². The molecule has 0 saturated heterocycles. The number of anilines is 2. The van der Waals surface area contributed by atoms with Crippen LogP contribution in [0.5, 0.6) is 0 Å². The van der Waals surface area contributed by atoms with Crippen molar-refractivity contribution in [2.24, 2.45) is 0 Å². The van der Waals surface area contributed by atoms with Gasteiger partial charge in [-0.2, -0.15) is 0 Å². The van der Waals surface area contributed by atoms with E-state index in [1.807, 2.05) is 20.8 Å². The summed E-state index contributed by atoms with van der Waals surface area (Å²) in [6.45, 7) is 8.05. The second-order valence-electron chi connectivity index (χ2n) is 4.72. The fourth-order valence-corrected chi connectivity index (χ4v) is 1.31. The number of esters is 1. The number of nitrogens with one attached hydrogen (secondary N) is 1. The van der Waals surface area contributed by atoms with E-state index in [4.69, 9.17) is 10.5 Å². The van der Waals surface area contributed by atoms with Crippen molar-refractivity contribution < 1.29 is 9.53 Å². The van der Waals surface area contributed by atoms with Crippen LogP contribution in [0.15, 0.2) is 12.3 Å². The second-order valence-corrected chi connectivity index (χ2v) is 4.72. The van der Waals surface area contributed by atoms with Gasteiger partial charge in [-0.15, -0.1) is 0 Å². The van der Waals surface area contributed by atoms with Crippen LogP contribution in [0.4, 0.5) is 11.5 Å². The molecule has 1 aromatic heterocycles. The zero-order valence-corrected chi connectivity index (χ0v) is 10.7. The van der Waals surface area contributed by atoms with Crippen LogP contribution in [0, 0.1) is 0 Å². The van der Waals surface area contributed by atoms with Crippen molar-refractivity contribution in [1.29, 1.82) is 0 Å². The second kappa shape index (κ2) is 5.03. The smallest absolute Gasteiger partial charge is 0.340 e. The number of aromatic nitrogens is 1. The predicted octanol–water partition coefficient (Wildman–Crippen LogP) is 2.05. The van der Waals surface area contributed by atoms with Crippen molar-refractivity contribution in [2.45, 2.75) is 33.2 Å². The molecule has 1 heterocycles. The van der Waals surface area contributed by atoms with Crippen molar-refractivity contribution in [3.05, 3.63) is 17.8 Å². The summed E-state index contributed by atoms with van der Waals surface area (Å²) in [5.74, 6) is 0.0763. The molecule has 0 amide bonds. The number of carbonyl (C=O) groups is 1. The van der Waals surface area contributed by atoms with E-state index < -0.39 is 5.97 Å². The van der Waals surface area contributed by atoms with E-state index in [-0.39, 0.29) is 5.54 Å². The lowest BCUT2D eigenvalue weighted by molar-refractivity contribution is 0.0527. The molecule has 0 aromatic carbocycles. The lowest BCUT2D eigenvalue weighted by Gasteiger charge is -2.22. The Labute approximate surface area is 101 Å². The van der Waals surface area contributed by atoms with Gasteiger partial charge in [0.05, 0.1) is 17.9 Å². The van der Waals surface area contributed by atoms with Crippen LogP contribution in [0.3, 0.4) is 0 Å². The summed E-state index contributed by atoms with van der Waals surface area (Å²) >= 11 is 0. The molecule has 0 spiro atoms. The average Bonchev–Trinajstić information content (AvgIpc) is 2.19. The quantitative estimate of drug-likeness (QED) is 0.787. The Morgan fingerprint density at radius 2 is 2.18 bits per heavy atom. The highest BCUT2D eigenvalue weighted by Crippen LogP contribution is 2.23. The van der Waals surface area contributed by atoms with E-state index >= 15 is 0 Å². The van der Waals surface area contributed by atoms with Crippen LogP contribution in [0.2, 0.25) is 0 Å². The number of pyridine rings is 1. The average molecular weight is 237 g/mol. The van der Waals surface area contributed by atoms with Gasteiger partial charge in [-0.25, -0.2) is 9.78 Å². The predicted molar refractivity (Wildman–Crippen MR) is 68.0 cm³/mol. The third kappa shape index (κ3) is 3.62. The zero-order chi connectivity index (χ0) is 13.1. The fraction of sp³-hybridized carbons (Fsp3) is 0.500. The topological polar surface area (TPSA) is 77.2 Å². The van der Waals surface area contributed by atoms with Gasteiger partial charge in [0.1, 0.15) is 5.82 Å². The van der Waals surface area contributed by atoms with Gasteiger partial charge in [0, 0.05) is 11.7 Å². The molecule has 0 saturated carbocycles. The molecule has 0 atom stereocenters. The molecule has 0 radical (unpaired) electrons. The van der Waals surface area contributed by atoms with Gasteiger partial charge in [0.2, 0.25) is 0 Å². The lowest BCUT2D eigenvalue weighted by atomic mass is 10.1. The molecule has 17 heavy (non-hydrogen) atoms. The van der Waals surface area contributed by atoms with E-state index in [0.717, 1.165) is 0 Å². The first-order valence-electron chi connectivity index (χ1n) is 5.55. The maximum absolute atomic E-state index is 11.6. The normalized spacial score (nSPS) is 11.1. The highest BCUT2D eigenvalue weighted by Gasteiger charge is 2.17. The summed E-state index contributed by atoms with van der Waals surface area (Å²) in [7, 11) is 0. The fourth-order valence-electron chi connectivity index (χ4n) is 1.31. The molecule has 5 nitrogen and oxygen atoms in total. The number of carbonyl (C=O) groups excluding carboxylic acids is 1. The van der Waals surface area contributed by atoms with Crippen molar-refractivity contribution in [3.63, 3.8) is 0 Å². The molecule has 0 aliphatic rings. The Kier molecular flexibility index (Phi) is 3.93. The molecule has 0 unspecified atom stereocenters. The van der Waals surface area contributed by atoms with Crippen LogP contribution in [-0.2, 0) is 4.74 Å². The number of nitrogens with zero attached hydrogens (tertiary/aromatic N) is 1. The molecular weight excluding hydrogens is 218 g/mol. The number of hydrogen-bond donors (Lipinski definition) is 2. The summed E-state index contributed by atoms with van der Waals surface area (Å²) in [6, 6.07) is 1.56. The SMILES string of the molecule is CCOC(=O)c1ccnc(NC(C)(C)C)c1N. The van der Waals surface area contributed by atoms with Crippen molar-refractivity contribution in [1.82, 2.24) is 4.98 Å². The van der Waals surface area contributed by atoms with Crippen LogP contribution in [0.1, 0.15) is 38.1 Å². The lowest BCUT2D eigenvalue weighted by Crippen LogP contribution is -2.27. The first kappa shape index (κ1) is 13.3. The van der Waals surface area contributed by atoms with Crippen molar-refractivity contribution in [3.8, 4) is 0 Å². The molecule has 0 aliphatic carbocycles. The minimum Gasteiger partial charge on any atom is -0.462 e. The minimum atomic E-state index is -0.427. The Bertz CT molecular complexity index is 411. The molecular formula is C12H19N3O2. The monoisotopic (exact) mass is 237 g/mol. The zero-order valence-electron chi connectivity index (χ0n) is 10.7. The van der Waals surface area contributed by atoms with E-state index in [1.54, 1.807) is 13.0 Å². The van der Waals surface area contributed by atoms with Crippen LogP contribution in [-0.4, -0.2) is 23.1 Å². The Morgan fingerprint density at radius 3 is 2.71 bits per heavy atom. The summed E-state index contributed by atoms with van der Waals surface area (Å²) in [4.78, 5) is 15.7. The highest BCUT2D eigenvalue weighted by molar-refractivity contribution is 5.97. The third-order valence-corrected chi connectivity index (χ3v) is 1.98. The highest BCUT2D eigenvalue weighted by atomic mass is 16.5. The van der Waals surface area contributed by atoms with Crippen molar-refractivity contribution in [2.75, 3.05) is 17.7 Å². The maximum Gasteiger partial charge on any atom is 0.340 e. The van der Waals surface area contributed by atoms with E-state index in [2.05, 4.69) is 10.3 Å². The molecule has 3 N–H and O–H groups in total. The van der Waals surface area contributed by atoms with E-state index in [9.17, 15) is 4.79 Å². The van der Waals surface area contributed by atoms with Crippen LogP contribution in [0.25, 0.3) is 0 Å². The number of rotatable bonds is 3. The number of hydrogen-bond acceptors (Lipinski definition) is 5. The molecule has 5 heteroatoms. The largest absolute Gasteiger partial charge is 0.462 e. The summed E-state index contributed by atoms with van der Waals surface area (Å²) < 4.78 is 4.92. The van der Waals surface area contributed by atoms with Crippen molar-refractivity contribution >= 4 is 17.5 Å². The van der Waals surface area contributed by atoms with Gasteiger partial charge in [-0.05, 0) is 33.8 Å². The summed E-state index contributed by atoms with van der Waals surface area (Å²) in [5, 5.41) is 3.14. The summed E-state index contributed by atoms with van der Waals surface area (Å²) in [6.07, 6.45) is 1.54.